The summed E-state index contributed by atoms with van der Waals surface area (Å²) in [5.41, 5.74) is 0.696. The van der Waals surface area contributed by atoms with Crippen molar-refractivity contribution in [3.8, 4) is 17.2 Å². The summed E-state index contributed by atoms with van der Waals surface area (Å²) in [4.78, 5) is 12.9. The van der Waals surface area contributed by atoms with E-state index in [1.165, 1.54) is 24.3 Å². The lowest BCUT2D eigenvalue weighted by molar-refractivity contribution is -0.114. The minimum absolute atomic E-state index is 0.00548. The van der Waals surface area contributed by atoms with Gasteiger partial charge in [-0.2, -0.15) is 0 Å². The highest BCUT2D eigenvalue weighted by Gasteiger charge is 2.29. The summed E-state index contributed by atoms with van der Waals surface area (Å²) in [5, 5.41) is 3.11. The Morgan fingerprint density at radius 1 is 1.06 bits per heavy atom. The van der Waals surface area contributed by atoms with Crippen LogP contribution in [0.1, 0.15) is 6.92 Å². The van der Waals surface area contributed by atoms with Crippen molar-refractivity contribution in [3.63, 3.8) is 0 Å². The molecule has 1 aliphatic heterocycles. The van der Waals surface area contributed by atoms with E-state index in [9.17, 15) is 13.2 Å². The van der Waals surface area contributed by atoms with E-state index in [4.69, 9.17) is 25.8 Å². The first-order chi connectivity index (χ1) is 15.9. The molecular formula is C23H21ClN2O6S. The van der Waals surface area contributed by atoms with Gasteiger partial charge in [-0.05, 0) is 55.5 Å². The van der Waals surface area contributed by atoms with Crippen LogP contribution in [0.5, 0.6) is 17.2 Å². The van der Waals surface area contributed by atoms with Crippen LogP contribution >= 0.6 is 11.6 Å². The van der Waals surface area contributed by atoms with E-state index in [1.807, 2.05) is 0 Å². The highest BCUT2D eigenvalue weighted by atomic mass is 35.5. The highest BCUT2D eigenvalue weighted by Crippen LogP contribution is 2.35. The summed E-state index contributed by atoms with van der Waals surface area (Å²) < 4.78 is 44.4. The molecule has 0 radical (unpaired) electrons. The number of ether oxygens (including phenoxy) is 3. The summed E-state index contributed by atoms with van der Waals surface area (Å²) in [7, 11) is -4.12. The van der Waals surface area contributed by atoms with Crippen LogP contribution in [0.2, 0.25) is 5.02 Å². The molecule has 1 aliphatic rings. The summed E-state index contributed by atoms with van der Waals surface area (Å²) >= 11 is 5.93. The molecule has 0 spiro atoms. The van der Waals surface area contributed by atoms with E-state index in [0.717, 1.165) is 4.31 Å². The topological polar surface area (TPSA) is 94.2 Å². The van der Waals surface area contributed by atoms with Crippen molar-refractivity contribution in [2.75, 3.05) is 29.6 Å². The van der Waals surface area contributed by atoms with Gasteiger partial charge < -0.3 is 19.5 Å². The third kappa shape index (κ3) is 4.99. The molecule has 0 bridgehead atoms. The Balaban J connectivity index is 1.67. The van der Waals surface area contributed by atoms with E-state index < -0.39 is 22.5 Å². The normalized spacial score (nSPS) is 12.3. The number of carbonyl (C=O) groups excluding carboxylic acids is 1. The van der Waals surface area contributed by atoms with E-state index >= 15 is 0 Å². The van der Waals surface area contributed by atoms with Gasteiger partial charge in [0.25, 0.3) is 10.0 Å². The Morgan fingerprint density at radius 2 is 1.79 bits per heavy atom. The number of nitrogens with zero attached hydrogens (tertiary/aromatic N) is 1. The molecule has 3 aromatic carbocycles. The van der Waals surface area contributed by atoms with Crippen LogP contribution in [0.25, 0.3) is 0 Å². The quantitative estimate of drug-likeness (QED) is 0.508. The molecule has 172 valence electrons. The molecule has 8 nitrogen and oxygen atoms in total. The third-order valence-electron chi connectivity index (χ3n) is 4.78. The van der Waals surface area contributed by atoms with Gasteiger partial charge in [-0.3, -0.25) is 9.10 Å². The molecule has 33 heavy (non-hydrogen) atoms. The lowest BCUT2D eigenvalue weighted by Gasteiger charge is -2.26. The number of anilines is 2. The lowest BCUT2D eigenvalue weighted by Crippen LogP contribution is -2.38. The number of sulfonamides is 1. The molecule has 0 saturated carbocycles. The van der Waals surface area contributed by atoms with Crippen LogP contribution in [0.15, 0.2) is 71.6 Å². The molecule has 0 saturated heterocycles. The van der Waals surface area contributed by atoms with Crippen molar-refractivity contribution in [1.29, 1.82) is 0 Å². The van der Waals surface area contributed by atoms with Gasteiger partial charge in [0.1, 0.15) is 12.3 Å². The monoisotopic (exact) mass is 488 g/mol. The smallest absolute Gasteiger partial charge is 0.264 e. The highest BCUT2D eigenvalue weighted by molar-refractivity contribution is 7.92. The average molecular weight is 489 g/mol. The van der Waals surface area contributed by atoms with Gasteiger partial charge in [0.15, 0.2) is 11.5 Å². The number of amides is 1. The predicted molar refractivity (Wildman–Crippen MR) is 125 cm³/mol. The van der Waals surface area contributed by atoms with Crippen LogP contribution < -0.4 is 23.8 Å². The van der Waals surface area contributed by atoms with Gasteiger partial charge in [-0.15, -0.1) is 0 Å². The maximum Gasteiger partial charge on any atom is 0.264 e. The minimum atomic E-state index is -4.12. The zero-order chi connectivity index (χ0) is 23.4. The van der Waals surface area contributed by atoms with Crippen molar-refractivity contribution < 1.29 is 27.4 Å². The number of hydrogen-bond acceptors (Lipinski definition) is 6. The Hall–Kier alpha value is -3.43. The Morgan fingerprint density at radius 3 is 2.55 bits per heavy atom. The van der Waals surface area contributed by atoms with Crippen molar-refractivity contribution >= 4 is 38.9 Å². The number of fused-ring (bicyclic) bond motifs is 1. The molecule has 1 heterocycles. The number of halogens is 1. The first-order valence-electron chi connectivity index (χ1n) is 10.1. The molecule has 0 aliphatic carbocycles. The fourth-order valence-electron chi connectivity index (χ4n) is 3.28. The zero-order valence-electron chi connectivity index (χ0n) is 17.7. The minimum Gasteiger partial charge on any atom is -0.492 e. The second-order valence-electron chi connectivity index (χ2n) is 6.98. The van der Waals surface area contributed by atoms with E-state index in [-0.39, 0.29) is 17.4 Å². The van der Waals surface area contributed by atoms with E-state index in [1.54, 1.807) is 49.4 Å². The van der Waals surface area contributed by atoms with Crippen LogP contribution in [0.4, 0.5) is 11.4 Å². The molecule has 10 heteroatoms. The number of carbonyl (C=O) groups is 1. The zero-order valence-corrected chi connectivity index (χ0v) is 19.2. The summed E-state index contributed by atoms with van der Waals surface area (Å²) in [6.45, 7) is 1.74. The maximum atomic E-state index is 13.6. The molecule has 3 aromatic rings. The first kappa shape index (κ1) is 22.8. The van der Waals surface area contributed by atoms with Crippen molar-refractivity contribution in [2.45, 2.75) is 11.8 Å². The SMILES string of the molecule is CCOc1ccccc1N(CC(=O)Nc1ccc2c(c1)OCO2)S(=O)(=O)c1ccc(Cl)cc1. The second-order valence-corrected chi connectivity index (χ2v) is 9.28. The average Bonchev–Trinajstić information content (AvgIpc) is 3.26. The molecule has 4 rings (SSSR count). The third-order valence-corrected chi connectivity index (χ3v) is 6.80. The van der Waals surface area contributed by atoms with Crippen LogP contribution in [-0.4, -0.2) is 34.3 Å². The number of rotatable bonds is 8. The van der Waals surface area contributed by atoms with Crippen molar-refractivity contribution in [3.05, 3.63) is 71.8 Å². The van der Waals surface area contributed by atoms with Gasteiger partial charge in [-0.25, -0.2) is 8.42 Å². The summed E-state index contributed by atoms with van der Waals surface area (Å²) in [5.74, 6) is 0.872. The Kier molecular flexibility index (Phi) is 6.62. The summed E-state index contributed by atoms with van der Waals surface area (Å²) in [6, 6.07) is 17.3. The fourth-order valence-corrected chi connectivity index (χ4v) is 4.84. The maximum absolute atomic E-state index is 13.6. The fraction of sp³-hybridized carbons (Fsp3) is 0.174. The van der Waals surface area contributed by atoms with Gasteiger partial charge in [0, 0.05) is 16.8 Å². The molecule has 0 aromatic heterocycles. The summed E-state index contributed by atoms with van der Waals surface area (Å²) in [6.07, 6.45) is 0. The standard InChI is InChI=1S/C23H21ClN2O6S/c1-2-30-20-6-4-3-5-19(20)26(33(28,29)18-10-7-16(24)8-11-18)14-23(27)25-17-9-12-21-22(13-17)32-15-31-21/h3-13H,2,14-15H2,1H3,(H,25,27). The van der Waals surface area contributed by atoms with E-state index in [0.29, 0.717) is 34.6 Å². The van der Waals surface area contributed by atoms with E-state index in [2.05, 4.69) is 5.32 Å². The number of hydrogen-bond donors (Lipinski definition) is 1. The number of benzene rings is 3. The van der Waals surface area contributed by atoms with Crippen LogP contribution in [-0.2, 0) is 14.8 Å². The lowest BCUT2D eigenvalue weighted by atomic mass is 10.2. The Bertz CT molecular complexity index is 1260. The molecule has 0 fully saturated rings. The molecule has 1 N–H and O–H groups in total. The van der Waals surface area contributed by atoms with Crippen molar-refractivity contribution in [2.24, 2.45) is 0 Å². The number of nitrogens with one attached hydrogen (secondary N) is 1. The molecular weight excluding hydrogens is 468 g/mol. The second kappa shape index (κ2) is 9.60. The molecule has 0 unspecified atom stereocenters. The number of para-hydroxylation sites is 2. The molecule has 1 amide bonds. The van der Waals surface area contributed by atoms with Crippen molar-refractivity contribution in [1.82, 2.24) is 0 Å². The Labute approximate surface area is 196 Å². The predicted octanol–water partition coefficient (Wildman–Crippen LogP) is 4.30. The van der Waals surface area contributed by atoms with Crippen LogP contribution in [0.3, 0.4) is 0 Å². The molecule has 0 atom stereocenters. The van der Waals surface area contributed by atoms with Gasteiger partial charge in [0.2, 0.25) is 12.7 Å². The van der Waals surface area contributed by atoms with Gasteiger partial charge in [0.05, 0.1) is 17.2 Å². The largest absolute Gasteiger partial charge is 0.492 e. The van der Waals surface area contributed by atoms with Gasteiger partial charge >= 0.3 is 0 Å². The first-order valence-corrected chi connectivity index (χ1v) is 11.9. The van der Waals surface area contributed by atoms with Gasteiger partial charge in [-0.1, -0.05) is 23.7 Å². The van der Waals surface area contributed by atoms with Crippen LogP contribution in [0, 0.1) is 0 Å².